The van der Waals surface area contributed by atoms with Crippen molar-refractivity contribution in [1.29, 1.82) is 0 Å². The summed E-state index contributed by atoms with van der Waals surface area (Å²) in [5.74, 6) is -0.685. The van der Waals surface area contributed by atoms with Gasteiger partial charge in [-0.05, 0) is 19.1 Å². The number of ether oxygens (including phenoxy) is 2. The molecule has 94 valence electrons. The van der Waals surface area contributed by atoms with Gasteiger partial charge in [0.2, 0.25) is 0 Å². The summed E-state index contributed by atoms with van der Waals surface area (Å²) in [6.07, 6.45) is 0. The summed E-state index contributed by atoms with van der Waals surface area (Å²) >= 11 is 0. The van der Waals surface area contributed by atoms with Crippen LogP contribution in [0.3, 0.4) is 0 Å². The second-order valence-corrected chi connectivity index (χ2v) is 3.49. The van der Waals surface area contributed by atoms with E-state index in [-0.39, 0.29) is 25.4 Å². The molecule has 0 saturated carbocycles. The number of rotatable bonds is 7. The zero-order chi connectivity index (χ0) is 12.7. The SMILES string of the molecule is Cc1ccc(OCCOCCO)c(C(=O)O)c1. The molecule has 1 aromatic rings. The first-order valence-electron chi connectivity index (χ1n) is 5.30. The lowest BCUT2D eigenvalue weighted by Crippen LogP contribution is -2.11. The van der Waals surface area contributed by atoms with E-state index in [0.717, 1.165) is 5.56 Å². The second-order valence-electron chi connectivity index (χ2n) is 3.49. The van der Waals surface area contributed by atoms with Crippen molar-refractivity contribution < 1.29 is 24.5 Å². The van der Waals surface area contributed by atoms with Crippen molar-refractivity contribution in [2.24, 2.45) is 0 Å². The number of aliphatic hydroxyl groups excluding tert-OH is 1. The van der Waals surface area contributed by atoms with Gasteiger partial charge in [-0.3, -0.25) is 0 Å². The fourth-order valence-electron chi connectivity index (χ4n) is 1.31. The fraction of sp³-hybridized carbons (Fsp3) is 0.417. The third kappa shape index (κ3) is 4.42. The molecule has 17 heavy (non-hydrogen) atoms. The zero-order valence-corrected chi connectivity index (χ0v) is 9.68. The second kappa shape index (κ2) is 6.88. The van der Waals surface area contributed by atoms with E-state index in [2.05, 4.69) is 0 Å². The van der Waals surface area contributed by atoms with Gasteiger partial charge in [0.1, 0.15) is 17.9 Å². The van der Waals surface area contributed by atoms with Gasteiger partial charge in [0.05, 0.1) is 19.8 Å². The van der Waals surface area contributed by atoms with Crippen molar-refractivity contribution in [2.45, 2.75) is 6.92 Å². The molecule has 0 aliphatic carbocycles. The lowest BCUT2D eigenvalue weighted by molar-refractivity contribution is 0.0656. The Bertz CT molecular complexity index is 375. The number of benzene rings is 1. The number of aryl methyl sites for hydroxylation is 1. The summed E-state index contributed by atoms with van der Waals surface area (Å²) in [4.78, 5) is 11.0. The molecule has 5 nitrogen and oxygen atoms in total. The molecule has 0 fully saturated rings. The van der Waals surface area contributed by atoms with E-state index in [1.807, 2.05) is 6.92 Å². The van der Waals surface area contributed by atoms with Crippen LogP contribution in [-0.4, -0.2) is 42.6 Å². The van der Waals surface area contributed by atoms with E-state index in [0.29, 0.717) is 12.4 Å². The first kappa shape index (κ1) is 13.5. The number of hydrogen-bond donors (Lipinski definition) is 2. The number of aromatic carboxylic acids is 1. The van der Waals surface area contributed by atoms with Crippen LogP contribution in [-0.2, 0) is 4.74 Å². The minimum absolute atomic E-state index is 0.0368. The molecule has 0 radical (unpaired) electrons. The van der Waals surface area contributed by atoms with E-state index in [9.17, 15) is 4.79 Å². The Hall–Kier alpha value is -1.59. The van der Waals surface area contributed by atoms with Crippen LogP contribution in [0.15, 0.2) is 18.2 Å². The van der Waals surface area contributed by atoms with E-state index in [1.54, 1.807) is 18.2 Å². The van der Waals surface area contributed by atoms with Crippen molar-refractivity contribution in [1.82, 2.24) is 0 Å². The number of aliphatic hydroxyl groups is 1. The highest BCUT2D eigenvalue weighted by Gasteiger charge is 2.11. The van der Waals surface area contributed by atoms with Crippen LogP contribution in [0.1, 0.15) is 15.9 Å². The molecule has 5 heteroatoms. The summed E-state index contributed by atoms with van der Waals surface area (Å²) in [6, 6.07) is 4.98. The topological polar surface area (TPSA) is 76.0 Å². The molecule has 0 atom stereocenters. The van der Waals surface area contributed by atoms with Crippen LogP contribution in [0, 0.1) is 6.92 Å². The molecule has 2 N–H and O–H groups in total. The van der Waals surface area contributed by atoms with Gasteiger partial charge in [-0.25, -0.2) is 4.79 Å². The molecule has 0 bridgehead atoms. The predicted octanol–water partition coefficient (Wildman–Crippen LogP) is 1.08. The summed E-state index contributed by atoms with van der Waals surface area (Å²) < 4.78 is 10.3. The van der Waals surface area contributed by atoms with Crippen molar-refractivity contribution in [3.05, 3.63) is 29.3 Å². The Kier molecular flexibility index (Phi) is 5.45. The average molecular weight is 240 g/mol. The number of carboxylic acid groups (broad SMARTS) is 1. The highest BCUT2D eigenvalue weighted by Crippen LogP contribution is 2.19. The highest BCUT2D eigenvalue weighted by atomic mass is 16.5. The summed E-state index contributed by atoms with van der Waals surface area (Å²) in [5, 5.41) is 17.5. The van der Waals surface area contributed by atoms with Gasteiger partial charge in [0.15, 0.2) is 0 Å². The van der Waals surface area contributed by atoms with E-state index in [4.69, 9.17) is 19.7 Å². The summed E-state index contributed by atoms with van der Waals surface area (Å²) in [6.45, 7) is 2.60. The van der Waals surface area contributed by atoms with Crippen molar-refractivity contribution in [3.8, 4) is 5.75 Å². The fourth-order valence-corrected chi connectivity index (χ4v) is 1.31. The number of carboxylic acids is 1. The average Bonchev–Trinajstić information content (AvgIpc) is 2.30. The molecule has 0 amide bonds. The van der Waals surface area contributed by atoms with Gasteiger partial charge in [0, 0.05) is 0 Å². The standard InChI is InChI=1S/C12H16O5/c1-9-2-3-11(10(8-9)12(14)15)17-7-6-16-5-4-13/h2-3,8,13H,4-7H2,1H3,(H,14,15). The van der Waals surface area contributed by atoms with Crippen molar-refractivity contribution in [2.75, 3.05) is 26.4 Å². The van der Waals surface area contributed by atoms with Crippen LogP contribution in [0.4, 0.5) is 0 Å². The molecule has 0 unspecified atom stereocenters. The molecule has 1 aromatic carbocycles. The Balaban J connectivity index is 2.55. The largest absolute Gasteiger partial charge is 0.490 e. The molecule has 0 spiro atoms. The van der Waals surface area contributed by atoms with Crippen LogP contribution in [0.2, 0.25) is 0 Å². The van der Waals surface area contributed by atoms with Crippen LogP contribution in [0.25, 0.3) is 0 Å². The molecule has 0 aliphatic heterocycles. The van der Waals surface area contributed by atoms with Gasteiger partial charge in [-0.2, -0.15) is 0 Å². The normalized spacial score (nSPS) is 10.2. The van der Waals surface area contributed by atoms with Crippen molar-refractivity contribution in [3.63, 3.8) is 0 Å². The number of hydrogen-bond acceptors (Lipinski definition) is 4. The van der Waals surface area contributed by atoms with Crippen LogP contribution < -0.4 is 4.74 Å². The Morgan fingerprint density at radius 2 is 2.06 bits per heavy atom. The minimum atomic E-state index is -1.01. The maximum Gasteiger partial charge on any atom is 0.339 e. The van der Waals surface area contributed by atoms with E-state index in [1.165, 1.54) is 0 Å². The third-order valence-electron chi connectivity index (χ3n) is 2.09. The summed E-state index contributed by atoms with van der Waals surface area (Å²) in [7, 11) is 0. The molecule has 0 aliphatic rings. The lowest BCUT2D eigenvalue weighted by atomic mass is 10.1. The molecular formula is C12H16O5. The van der Waals surface area contributed by atoms with E-state index >= 15 is 0 Å². The highest BCUT2D eigenvalue weighted by molar-refractivity contribution is 5.91. The van der Waals surface area contributed by atoms with Gasteiger partial charge in [-0.15, -0.1) is 0 Å². The Morgan fingerprint density at radius 3 is 2.71 bits per heavy atom. The Morgan fingerprint density at radius 1 is 1.29 bits per heavy atom. The molecule has 1 rings (SSSR count). The van der Waals surface area contributed by atoms with Gasteiger partial charge >= 0.3 is 5.97 Å². The molecule has 0 saturated heterocycles. The van der Waals surface area contributed by atoms with Gasteiger partial charge in [0.25, 0.3) is 0 Å². The number of carbonyl (C=O) groups is 1. The minimum Gasteiger partial charge on any atom is -0.490 e. The monoisotopic (exact) mass is 240 g/mol. The van der Waals surface area contributed by atoms with Crippen molar-refractivity contribution >= 4 is 5.97 Å². The first-order chi connectivity index (χ1) is 8.15. The van der Waals surface area contributed by atoms with Crippen LogP contribution >= 0.6 is 0 Å². The lowest BCUT2D eigenvalue weighted by Gasteiger charge is -2.09. The maximum absolute atomic E-state index is 11.0. The van der Waals surface area contributed by atoms with Crippen LogP contribution in [0.5, 0.6) is 5.75 Å². The van der Waals surface area contributed by atoms with Gasteiger partial charge < -0.3 is 19.7 Å². The summed E-state index contributed by atoms with van der Waals surface area (Å²) in [5.41, 5.74) is 1.01. The van der Waals surface area contributed by atoms with Gasteiger partial charge in [-0.1, -0.05) is 11.6 Å². The first-order valence-corrected chi connectivity index (χ1v) is 5.30. The zero-order valence-electron chi connectivity index (χ0n) is 9.68. The maximum atomic E-state index is 11.0. The Labute approximate surface area is 99.6 Å². The van der Waals surface area contributed by atoms with E-state index < -0.39 is 5.97 Å². The quantitative estimate of drug-likeness (QED) is 0.697. The molecule has 0 heterocycles. The molecule has 0 aromatic heterocycles. The smallest absolute Gasteiger partial charge is 0.339 e. The predicted molar refractivity (Wildman–Crippen MR) is 61.5 cm³/mol. The third-order valence-corrected chi connectivity index (χ3v) is 2.09. The molecular weight excluding hydrogens is 224 g/mol.